The van der Waals surface area contributed by atoms with E-state index in [0.717, 1.165) is 33.4 Å². The van der Waals surface area contributed by atoms with E-state index in [1.165, 1.54) is 0 Å². The van der Waals surface area contributed by atoms with Crippen molar-refractivity contribution in [3.05, 3.63) is 96.4 Å². The number of benzene rings is 2. The molecule has 34 heavy (non-hydrogen) atoms. The Morgan fingerprint density at radius 1 is 1.03 bits per heavy atom. The van der Waals surface area contributed by atoms with Crippen LogP contribution in [0.15, 0.2) is 85.2 Å². The topological polar surface area (TPSA) is 98.7 Å². The molecule has 1 amide bonds. The average molecular weight is 465 g/mol. The second-order valence-electron chi connectivity index (χ2n) is 7.79. The first-order chi connectivity index (χ1) is 16.5. The predicted molar refractivity (Wildman–Crippen MR) is 138 cm³/mol. The average Bonchev–Trinajstić information content (AvgIpc) is 3.30. The van der Waals surface area contributed by atoms with Gasteiger partial charge in [-0.2, -0.15) is 5.10 Å². The number of aryl methyl sites for hydroxylation is 1. The first-order valence-corrected chi connectivity index (χ1v) is 11.0. The van der Waals surface area contributed by atoms with E-state index in [1.54, 1.807) is 35.1 Å². The molecule has 0 aliphatic heterocycles. The molecule has 2 aromatic carbocycles. The number of rotatable bonds is 4. The monoisotopic (exact) mass is 464 g/mol. The number of fused-ring (bicyclic) bond motifs is 1. The van der Waals surface area contributed by atoms with E-state index >= 15 is 0 Å². The molecule has 0 atom stereocenters. The number of thiocarbonyl (C=S) groups is 1. The highest BCUT2D eigenvalue weighted by atomic mass is 32.1. The summed E-state index contributed by atoms with van der Waals surface area (Å²) in [7, 11) is 0. The van der Waals surface area contributed by atoms with Crippen molar-refractivity contribution in [1.82, 2.24) is 19.7 Å². The van der Waals surface area contributed by atoms with Crippen molar-refractivity contribution in [3.8, 4) is 22.5 Å². The number of carbonyl (C=O) groups excluding carboxylic acids is 1. The fraction of sp³-hybridized carbons (Fsp3) is 0.0385. The van der Waals surface area contributed by atoms with Crippen molar-refractivity contribution in [1.29, 1.82) is 0 Å². The second-order valence-corrected chi connectivity index (χ2v) is 8.17. The fourth-order valence-electron chi connectivity index (χ4n) is 3.72. The van der Waals surface area contributed by atoms with Crippen LogP contribution >= 0.6 is 12.2 Å². The molecule has 7 nitrogen and oxygen atoms in total. The largest absolute Gasteiger partial charge is 0.366 e. The molecule has 8 heteroatoms. The van der Waals surface area contributed by atoms with Gasteiger partial charge in [0.15, 0.2) is 5.11 Å². The van der Waals surface area contributed by atoms with Gasteiger partial charge in [0.05, 0.1) is 11.2 Å². The number of anilines is 1. The van der Waals surface area contributed by atoms with Gasteiger partial charge in [-0.15, -0.1) is 0 Å². The lowest BCUT2D eigenvalue weighted by atomic mass is 10.0. The summed E-state index contributed by atoms with van der Waals surface area (Å²) in [5.74, 6) is -0.506. The molecule has 3 aromatic heterocycles. The minimum absolute atomic E-state index is 0.348. The van der Waals surface area contributed by atoms with Gasteiger partial charge >= 0.3 is 0 Å². The molecule has 0 unspecified atom stereocenters. The predicted octanol–water partition coefficient (Wildman–Crippen LogP) is 4.81. The molecule has 0 saturated carbocycles. The van der Waals surface area contributed by atoms with Crippen LogP contribution in [0.25, 0.3) is 33.4 Å². The maximum absolute atomic E-state index is 11.5. The smallest absolute Gasteiger partial charge is 0.248 e. The van der Waals surface area contributed by atoms with Crippen molar-refractivity contribution < 1.29 is 4.79 Å². The maximum atomic E-state index is 11.5. The van der Waals surface area contributed by atoms with Gasteiger partial charge in [-0.25, -0.2) is 4.68 Å². The van der Waals surface area contributed by atoms with Gasteiger partial charge in [-0.3, -0.25) is 14.8 Å². The lowest BCUT2D eigenvalue weighted by molar-refractivity contribution is 0.100. The van der Waals surface area contributed by atoms with Crippen molar-refractivity contribution in [2.75, 3.05) is 5.32 Å². The van der Waals surface area contributed by atoms with E-state index in [9.17, 15) is 4.79 Å². The lowest BCUT2D eigenvalue weighted by Crippen LogP contribution is -2.20. The molecule has 0 saturated heterocycles. The second kappa shape index (κ2) is 8.84. The standard InChI is InChI=1S/C26H20N6OS/c1-16-5-2-9-22(29-16)24-21(18-11-10-17-7-4-12-28-23(17)14-18)15-32(31-24)26(34)30-20-8-3-6-19(13-20)25(27)33/h2-15H,1H3,(H2,27,33)(H,30,34). The van der Waals surface area contributed by atoms with Crippen molar-refractivity contribution in [2.45, 2.75) is 6.92 Å². The molecule has 3 heterocycles. The lowest BCUT2D eigenvalue weighted by Gasteiger charge is -2.08. The molecule has 0 aliphatic carbocycles. The molecule has 5 aromatic rings. The molecule has 0 spiro atoms. The highest BCUT2D eigenvalue weighted by Gasteiger charge is 2.17. The Balaban J connectivity index is 1.58. The van der Waals surface area contributed by atoms with Crippen LogP contribution in [0.5, 0.6) is 0 Å². The molecule has 0 fully saturated rings. The van der Waals surface area contributed by atoms with Crippen LogP contribution in [0.4, 0.5) is 5.69 Å². The Morgan fingerprint density at radius 3 is 2.71 bits per heavy atom. The van der Waals surface area contributed by atoms with Crippen LogP contribution in [0.2, 0.25) is 0 Å². The molecule has 0 aliphatic rings. The Kier molecular flexibility index (Phi) is 5.57. The Labute approximate surface area is 201 Å². The normalized spacial score (nSPS) is 10.9. The Morgan fingerprint density at radius 2 is 1.88 bits per heavy atom. The van der Waals surface area contributed by atoms with Crippen molar-refractivity contribution >= 4 is 39.8 Å². The molecular formula is C26H20N6OS. The van der Waals surface area contributed by atoms with E-state index in [-0.39, 0.29) is 0 Å². The Bertz CT molecular complexity index is 1560. The summed E-state index contributed by atoms with van der Waals surface area (Å²) in [4.78, 5) is 20.7. The van der Waals surface area contributed by atoms with Crippen LogP contribution < -0.4 is 11.1 Å². The molecule has 0 radical (unpaired) electrons. The third-order valence-electron chi connectivity index (χ3n) is 5.37. The molecule has 0 bridgehead atoms. The number of nitrogens with zero attached hydrogens (tertiary/aromatic N) is 4. The number of pyridine rings is 2. The first kappa shape index (κ1) is 21.4. The van der Waals surface area contributed by atoms with Gasteiger partial charge in [0, 0.05) is 40.3 Å². The van der Waals surface area contributed by atoms with Gasteiger partial charge in [0.2, 0.25) is 5.91 Å². The van der Waals surface area contributed by atoms with E-state index in [1.807, 2.05) is 61.7 Å². The summed E-state index contributed by atoms with van der Waals surface area (Å²) in [6.45, 7) is 1.94. The van der Waals surface area contributed by atoms with Crippen molar-refractivity contribution in [2.24, 2.45) is 5.73 Å². The fourth-order valence-corrected chi connectivity index (χ4v) is 3.93. The highest BCUT2D eigenvalue weighted by Crippen LogP contribution is 2.32. The molecule has 3 N–H and O–H groups in total. The Hall–Kier alpha value is -4.43. The van der Waals surface area contributed by atoms with Gasteiger partial charge in [-0.1, -0.05) is 30.3 Å². The zero-order chi connectivity index (χ0) is 23.7. The van der Waals surface area contributed by atoms with Gasteiger partial charge in [-0.05, 0) is 67.2 Å². The number of nitrogens with two attached hydrogens (primary N) is 1. The SMILES string of the molecule is Cc1cccc(-c2nn(C(=S)Nc3cccc(C(N)=O)c3)cc2-c2ccc3cccnc3c2)n1. The van der Waals surface area contributed by atoms with Crippen LogP contribution in [0.3, 0.4) is 0 Å². The number of nitrogens with one attached hydrogen (secondary N) is 1. The number of hydrogen-bond donors (Lipinski definition) is 2. The number of aromatic nitrogens is 4. The summed E-state index contributed by atoms with van der Waals surface area (Å²) in [6, 6.07) is 22.7. The summed E-state index contributed by atoms with van der Waals surface area (Å²) in [5, 5.41) is 9.30. The first-order valence-electron chi connectivity index (χ1n) is 10.6. The summed E-state index contributed by atoms with van der Waals surface area (Å²) in [5.41, 5.74) is 11.5. The molecule has 5 rings (SSSR count). The van der Waals surface area contributed by atoms with Crippen LogP contribution in [-0.2, 0) is 0 Å². The van der Waals surface area contributed by atoms with E-state index in [0.29, 0.717) is 22.1 Å². The van der Waals surface area contributed by atoms with Crippen molar-refractivity contribution in [3.63, 3.8) is 0 Å². The summed E-state index contributed by atoms with van der Waals surface area (Å²) < 4.78 is 1.60. The van der Waals surface area contributed by atoms with Crippen LogP contribution in [0.1, 0.15) is 16.1 Å². The quantitative estimate of drug-likeness (QED) is 0.370. The molecular weight excluding hydrogens is 444 g/mol. The van der Waals surface area contributed by atoms with Crippen LogP contribution in [-0.4, -0.2) is 30.8 Å². The van der Waals surface area contributed by atoms with Crippen LogP contribution in [0, 0.1) is 6.92 Å². The number of carbonyl (C=O) groups is 1. The van der Waals surface area contributed by atoms with Gasteiger partial charge in [0.25, 0.3) is 0 Å². The van der Waals surface area contributed by atoms with E-state index in [4.69, 9.17) is 23.1 Å². The van der Waals surface area contributed by atoms with Gasteiger partial charge < -0.3 is 11.1 Å². The minimum atomic E-state index is -0.506. The van der Waals surface area contributed by atoms with E-state index < -0.39 is 5.91 Å². The number of hydrogen-bond acceptors (Lipinski definition) is 5. The zero-order valence-corrected chi connectivity index (χ0v) is 19.1. The number of primary amides is 1. The van der Waals surface area contributed by atoms with E-state index in [2.05, 4.69) is 15.3 Å². The summed E-state index contributed by atoms with van der Waals surface area (Å²) in [6.07, 6.45) is 3.65. The minimum Gasteiger partial charge on any atom is -0.366 e. The van der Waals surface area contributed by atoms with Gasteiger partial charge in [0.1, 0.15) is 5.69 Å². The maximum Gasteiger partial charge on any atom is 0.248 e. The third-order valence-corrected chi connectivity index (χ3v) is 5.66. The number of amides is 1. The highest BCUT2D eigenvalue weighted by molar-refractivity contribution is 7.80. The summed E-state index contributed by atoms with van der Waals surface area (Å²) >= 11 is 5.63. The molecule has 166 valence electrons. The third kappa shape index (κ3) is 4.26. The zero-order valence-electron chi connectivity index (χ0n) is 18.3.